The monoisotopic (exact) mass is 357 g/mol. The molecule has 1 atom stereocenters. The molecule has 1 unspecified atom stereocenters. The molecule has 3 heteroatoms. The molecule has 1 heterocycles. The second-order valence-corrected chi connectivity index (χ2v) is 6.90. The van der Waals surface area contributed by atoms with Crippen molar-refractivity contribution in [2.24, 2.45) is 0 Å². The van der Waals surface area contributed by atoms with E-state index in [1.54, 1.807) is 0 Å². The van der Waals surface area contributed by atoms with E-state index < -0.39 is 6.10 Å². The first-order valence-corrected chi connectivity index (χ1v) is 9.39. The summed E-state index contributed by atoms with van der Waals surface area (Å²) in [6.45, 7) is 3.23. The lowest BCUT2D eigenvalue weighted by Gasteiger charge is -2.31. The summed E-state index contributed by atoms with van der Waals surface area (Å²) in [5, 5.41) is 0. The van der Waals surface area contributed by atoms with Gasteiger partial charge in [-0.1, -0.05) is 72.8 Å². The zero-order chi connectivity index (χ0) is 18.6. The van der Waals surface area contributed by atoms with Crippen LogP contribution in [0.3, 0.4) is 0 Å². The van der Waals surface area contributed by atoms with Gasteiger partial charge in [0.25, 0.3) is 5.91 Å². The molecule has 0 radical (unpaired) electrons. The molecule has 3 aromatic carbocycles. The van der Waals surface area contributed by atoms with Gasteiger partial charge in [0.15, 0.2) is 6.10 Å². The average Bonchev–Trinajstić information content (AvgIpc) is 2.74. The Balaban J connectivity index is 1.50. The molecular weight excluding hydrogens is 334 g/mol. The molecule has 0 bridgehead atoms. The number of carbonyl (C=O) groups is 1. The van der Waals surface area contributed by atoms with Crippen LogP contribution in [0.5, 0.6) is 5.75 Å². The summed E-state index contributed by atoms with van der Waals surface area (Å²) < 4.78 is 6.11. The summed E-state index contributed by atoms with van der Waals surface area (Å²) in [7, 11) is 0. The van der Waals surface area contributed by atoms with Gasteiger partial charge in [-0.05, 0) is 36.1 Å². The molecule has 4 rings (SSSR count). The summed E-state index contributed by atoms with van der Waals surface area (Å²) in [4.78, 5) is 14.9. The number of carbonyl (C=O) groups excluding carboxylic acids is 1. The normalized spacial score (nSPS) is 14.3. The highest BCUT2D eigenvalue weighted by atomic mass is 16.5. The molecule has 3 nitrogen and oxygen atoms in total. The number of amides is 1. The van der Waals surface area contributed by atoms with Crippen LogP contribution in [0.4, 0.5) is 0 Å². The standard InChI is InChI=1S/C24H23NO2/c1-18(24(26)25-16-15-19-9-5-6-12-21(19)17-25)27-23-14-8-7-13-22(23)20-10-3-2-4-11-20/h2-14,18H,15-17H2,1H3. The van der Waals surface area contributed by atoms with Crippen molar-refractivity contribution in [3.05, 3.63) is 90.0 Å². The van der Waals surface area contributed by atoms with Crippen LogP contribution in [-0.4, -0.2) is 23.5 Å². The predicted molar refractivity (Wildman–Crippen MR) is 108 cm³/mol. The Labute approximate surface area is 160 Å². The Kier molecular flexibility index (Phi) is 4.93. The minimum atomic E-state index is -0.528. The van der Waals surface area contributed by atoms with Gasteiger partial charge in [-0.3, -0.25) is 4.79 Å². The first-order chi connectivity index (χ1) is 13.2. The first-order valence-electron chi connectivity index (χ1n) is 9.39. The predicted octanol–water partition coefficient (Wildman–Crippen LogP) is 4.71. The number of rotatable bonds is 4. The smallest absolute Gasteiger partial charge is 0.263 e. The zero-order valence-corrected chi connectivity index (χ0v) is 15.5. The van der Waals surface area contributed by atoms with E-state index in [1.807, 2.05) is 60.4 Å². The van der Waals surface area contributed by atoms with E-state index in [1.165, 1.54) is 11.1 Å². The number of hydrogen-bond donors (Lipinski definition) is 0. The quantitative estimate of drug-likeness (QED) is 0.677. The fourth-order valence-corrected chi connectivity index (χ4v) is 3.61. The van der Waals surface area contributed by atoms with Crippen LogP contribution in [-0.2, 0) is 17.8 Å². The van der Waals surface area contributed by atoms with Crippen molar-refractivity contribution < 1.29 is 9.53 Å². The van der Waals surface area contributed by atoms with Gasteiger partial charge in [0.2, 0.25) is 0 Å². The van der Waals surface area contributed by atoms with E-state index in [-0.39, 0.29) is 5.91 Å². The fraction of sp³-hybridized carbons (Fsp3) is 0.208. The number of fused-ring (bicyclic) bond motifs is 1. The minimum Gasteiger partial charge on any atom is -0.480 e. The van der Waals surface area contributed by atoms with Crippen LogP contribution in [0.25, 0.3) is 11.1 Å². The topological polar surface area (TPSA) is 29.5 Å². The average molecular weight is 357 g/mol. The Bertz CT molecular complexity index is 936. The SMILES string of the molecule is CC(Oc1ccccc1-c1ccccc1)C(=O)N1CCc2ccccc2C1. The molecule has 27 heavy (non-hydrogen) atoms. The van der Waals surface area contributed by atoms with Crippen LogP contribution in [0.15, 0.2) is 78.9 Å². The van der Waals surface area contributed by atoms with Gasteiger partial charge < -0.3 is 9.64 Å². The Morgan fingerprint density at radius 2 is 1.56 bits per heavy atom. The van der Waals surface area contributed by atoms with Crippen molar-refractivity contribution in [2.75, 3.05) is 6.54 Å². The fourth-order valence-electron chi connectivity index (χ4n) is 3.61. The molecule has 0 aromatic heterocycles. The molecule has 0 aliphatic carbocycles. The molecule has 0 saturated carbocycles. The van der Waals surface area contributed by atoms with E-state index in [2.05, 4.69) is 30.3 Å². The summed E-state index contributed by atoms with van der Waals surface area (Å²) in [6, 6.07) is 26.3. The van der Waals surface area contributed by atoms with Gasteiger partial charge in [-0.15, -0.1) is 0 Å². The van der Waals surface area contributed by atoms with Crippen molar-refractivity contribution in [3.63, 3.8) is 0 Å². The van der Waals surface area contributed by atoms with Crippen molar-refractivity contribution in [2.45, 2.75) is 26.0 Å². The summed E-state index contributed by atoms with van der Waals surface area (Å²) >= 11 is 0. The van der Waals surface area contributed by atoms with Gasteiger partial charge in [-0.2, -0.15) is 0 Å². The van der Waals surface area contributed by atoms with Crippen LogP contribution in [0.2, 0.25) is 0 Å². The lowest BCUT2D eigenvalue weighted by molar-refractivity contribution is -0.138. The molecule has 1 aliphatic rings. The molecule has 0 N–H and O–H groups in total. The van der Waals surface area contributed by atoms with Gasteiger partial charge in [0.05, 0.1) is 0 Å². The van der Waals surface area contributed by atoms with Crippen molar-refractivity contribution in [3.8, 4) is 16.9 Å². The lowest BCUT2D eigenvalue weighted by atomic mass is 9.99. The van der Waals surface area contributed by atoms with Gasteiger partial charge in [-0.25, -0.2) is 0 Å². The van der Waals surface area contributed by atoms with Crippen molar-refractivity contribution in [1.29, 1.82) is 0 Å². The Hall–Kier alpha value is -3.07. The largest absolute Gasteiger partial charge is 0.480 e. The van der Waals surface area contributed by atoms with Gasteiger partial charge in [0, 0.05) is 18.7 Å². The molecule has 1 amide bonds. The molecule has 136 valence electrons. The third kappa shape index (κ3) is 3.72. The summed E-state index contributed by atoms with van der Waals surface area (Å²) in [6.07, 6.45) is 0.370. The van der Waals surface area contributed by atoms with E-state index in [0.717, 1.165) is 29.8 Å². The van der Waals surface area contributed by atoms with Crippen molar-refractivity contribution in [1.82, 2.24) is 4.90 Å². The third-order valence-electron chi connectivity index (χ3n) is 5.07. The highest BCUT2D eigenvalue weighted by Gasteiger charge is 2.26. The van der Waals surface area contributed by atoms with Crippen LogP contribution in [0.1, 0.15) is 18.1 Å². The maximum Gasteiger partial charge on any atom is 0.263 e. The second-order valence-electron chi connectivity index (χ2n) is 6.90. The summed E-state index contributed by atoms with van der Waals surface area (Å²) in [5.41, 5.74) is 4.65. The summed E-state index contributed by atoms with van der Waals surface area (Å²) in [5.74, 6) is 0.773. The highest BCUT2D eigenvalue weighted by molar-refractivity contribution is 5.81. The lowest BCUT2D eigenvalue weighted by Crippen LogP contribution is -2.43. The number of hydrogen-bond acceptors (Lipinski definition) is 2. The van der Waals surface area contributed by atoms with Crippen LogP contribution in [0, 0.1) is 0 Å². The minimum absolute atomic E-state index is 0.0346. The highest BCUT2D eigenvalue weighted by Crippen LogP contribution is 2.30. The molecular formula is C24H23NO2. The number of ether oxygens (including phenoxy) is 1. The zero-order valence-electron chi connectivity index (χ0n) is 15.5. The molecule has 3 aromatic rings. The first kappa shape index (κ1) is 17.3. The molecule has 0 fully saturated rings. The molecule has 0 spiro atoms. The van der Waals surface area contributed by atoms with Crippen molar-refractivity contribution >= 4 is 5.91 Å². The number of benzene rings is 3. The van der Waals surface area contributed by atoms with E-state index >= 15 is 0 Å². The third-order valence-corrected chi connectivity index (χ3v) is 5.07. The van der Waals surface area contributed by atoms with Crippen LogP contribution < -0.4 is 4.74 Å². The molecule has 1 aliphatic heterocycles. The number of para-hydroxylation sites is 1. The van der Waals surface area contributed by atoms with E-state index in [9.17, 15) is 4.79 Å². The van der Waals surface area contributed by atoms with Crippen LogP contribution >= 0.6 is 0 Å². The Morgan fingerprint density at radius 3 is 2.37 bits per heavy atom. The van der Waals surface area contributed by atoms with E-state index in [4.69, 9.17) is 4.74 Å². The second kappa shape index (κ2) is 7.67. The number of nitrogens with zero attached hydrogens (tertiary/aromatic N) is 1. The van der Waals surface area contributed by atoms with Gasteiger partial charge >= 0.3 is 0 Å². The van der Waals surface area contributed by atoms with E-state index in [0.29, 0.717) is 6.54 Å². The molecule has 0 saturated heterocycles. The van der Waals surface area contributed by atoms with Gasteiger partial charge in [0.1, 0.15) is 5.75 Å². The Morgan fingerprint density at radius 1 is 0.889 bits per heavy atom. The maximum absolute atomic E-state index is 13.0. The maximum atomic E-state index is 13.0.